The van der Waals surface area contributed by atoms with Crippen molar-refractivity contribution in [3.63, 3.8) is 0 Å². The highest BCUT2D eigenvalue weighted by atomic mass is 32.2. The lowest BCUT2D eigenvalue weighted by atomic mass is 9.72. The Bertz CT molecular complexity index is 2930. The number of allylic oxidation sites excluding steroid dienone is 9. The number of benzene rings is 5. The molecule has 2 aromatic heterocycles. The largest absolute Gasteiger partial charge is 0.456 e. The van der Waals surface area contributed by atoms with Crippen LogP contribution in [0.15, 0.2) is 160 Å². The van der Waals surface area contributed by atoms with Crippen molar-refractivity contribution in [1.82, 2.24) is 15.0 Å². The van der Waals surface area contributed by atoms with Crippen LogP contribution in [-0.4, -0.2) is 20.2 Å². The number of aromatic nitrogens is 3. The molecule has 5 heteroatoms. The highest BCUT2D eigenvalue weighted by Gasteiger charge is 2.37. The molecule has 54 heavy (non-hydrogen) atoms. The summed E-state index contributed by atoms with van der Waals surface area (Å²) in [5.74, 6) is 2.31. The molecular weight excluding hydrogens is 679 g/mol. The van der Waals surface area contributed by atoms with E-state index in [0.29, 0.717) is 11.6 Å². The molecule has 0 saturated heterocycles. The molecule has 12 rings (SSSR count). The van der Waals surface area contributed by atoms with E-state index in [4.69, 9.17) is 19.4 Å². The van der Waals surface area contributed by atoms with Gasteiger partial charge in [0, 0.05) is 43.5 Å². The van der Waals surface area contributed by atoms with Crippen LogP contribution in [0, 0.1) is 0 Å². The molecule has 0 radical (unpaired) electrons. The maximum Gasteiger partial charge on any atom is 0.164 e. The Morgan fingerprint density at radius 3 is 2.56 bits per heavy atom. The number of thioether (sulfide) groups is 1. The molecule has 4 aliphatic carbocycles. The van der Waals surface area contributed by atoms with Gasteiger partial charge in [0.25, 0.3) is 0 Å². The van der Waals surface area contributed by atoms with Crippen molar-refractivity contribution in [2.24, 2.45) is 0 Å². The fourth-order valence-electron chi connectivity index (χ4n) is 9.42. The number of aryl methyl sites for hydroxylation is 1. The monoisotopic (exact) mass is 711 g/mol. The molecule has 0 N–H and O–H groups in total. The Hall–Kier alpha value is -6.04. The lowest BCUT2D eigenvalue weighted by Crippen LogP contribution is -2.16. The van der Waals surface area contributed by atoms with Crippen LogP contribution < -0.4 is 0 Å². The van der Waals surface area contributed by atoms with Gasteiger partial charge in [0.15, 0.2) is 17.5 Å². The number of nitrogens with zero attached hydrogens (tertiary/aromatic N) is 3. The van der Waals surface area contributed by atoms with Crippen LogP contribution in [-0.2, 0) is 12.8 Å². The lowest BCUT2D eigenvalue weighted by molar-refractivity contribution is 0.669. The van der Waals surface area contributed by atoms with Crippen molar-refractivity contribution in [1.29, 1.82) is 0 Å². The van der Waals surface area contributed by atoms with Crippen molar-refractivity contribution in [3.05, 3.63) is 179 Å². The standard InChI is InChI=1S/C49H33N3OS/c1-2-9-31(10-3-1)47-50-48(52-49(51-47)38-16-7-14-36-34-13-4-5-18-42(34)54-46(36)38)37-15-8-17-41-45(37)39-27-32(23-26-40(39)53-41)33-24-21-30-20-19-28-11-6-12-29-22-25-35(33)44(30)43(28)29/h1-11,13-18,21-24,26-27,36,46H,12,19-20,25H2. The number of fused-ring (bicyclic) bond motifs is 6. The Labute approximate surface area is 317 Å². The number of furan rings is 1. The molecule has 0 amide bonds. The van der Waals surface area contributed by atoms with Crippen LogP contribution in [0.5, 0.6) is 0 Å². The van der Waals surface area contributed by atoms with E-state index in [2.05, 4.69) is 121 Å². The van der Waals surface area contributed by atoms with E-state index in [1.54, 1.807) is 0 Å². The minimum absolute atomic E-state index is 0.194. The second kappa shape index (κ2) is 11.7. The lowest BCUT2D eigenvalue weighted by Gasteiger charge is -2.32. The Morgan fingerprint density at radius 1 is 0.704 bits per heavy atom. The van der Waals surface area contributed by atoms with E-state index in [1.165, 1.54) is 55.0 Å². The minimum Gasteiger partial charge on any atom is -0.456 e. The van der Waals surface area contributed by atoms with E-state index >= 15 is 0 Å². The first kappa shape index (κ1) is 30.4. The Balaban J connectivity index is 1.03. The fourth-order valence-corrected chi connectivity index (χ4v) is 10.9. The molecule has 0 spiro atoms. The summed E-state index contributed by atoms with van der Waals surface area (Å²) in [5.41, 5.74) is 17.5. The van der Waals surface area contributed by atoms with Crippen LogP contribution in [0.1, 0.15) is 46.8 Å². The van der Waals surface area contributed by atoms with Crippen LogP contribution >= 0.6 is 11.8 Å². The zero-order valence-electron chi connectivity index (χ0n) is 29.4. The molecule has 256 valence electrons. The van der Waals surface area contributed by atoms with Crippen LogP contribution in [0.25, 0.3) is 67.0 Å². The van der Waals surface area contributed by atoms with Gasteiger partial charge in [-0.05, 0) is 100 Å². The normalized spacial score (nSPS) is 19.1. The number of hydrogen-bond acceptors (Lipinski definition) is 5. The van der Waals surface area contributed by atoms with Gasteiger partial charge in [0.05, 0.1) is 0 Å². The minimum atomic E-state index is 0.194. The number of rotatable bonds is 4. The summed E-state index contributed by atoms with van der Waals surface area (Å²) in [6.07, 6.45) is 18.1. The van der Waals surface area contributed by atoms with Gasteiger partial charge in [-0.15, -0.1) is 11.8 Å². The summed E-state index contributed by atoms with van der Waals surface area (Å²) < 4.78 is 6.57. The number of hydrogen-bond donors (Lipinski definition) is 0. The van der Waals surface area contributed by atoms with Crippen LogP contribution in [0.3, 0.4) is 0 Å². The van der Waals surface area contributed by atoms with Gasteiger partial charge in [-0.2, -0.15) is 0 Å². The molecule has 0 fully saturated rings. The maximum atomic E-state index is 6.57. The molecule has 0 bridgehead atoms. The molecule has 2 unspecified atom stereocenters. The van der Waals surface area contributed by atoms with Gasteiger partial charge in [0.1, 0.15) is 11.2 Å². The van der Waals surface area contributed by atoms with Gasteiger partial charge in [-0.25, -0.2) is 15.0 Å². The summed E-state index contributed by atoms with van der Waals surface area (Å²) in [6.45, 7) is 0. The van der Waals surface area contributed by atoms with Crippen molar-refractivity contribution < 1.29 is 4.42 Å². The summed E-state index contributed by atoms with van der Waals surface area (Å²) in [7, 11) is 0. The summed E-state index contributed by atoms with van der Waals surface area (Å²) >= 11 is 1.91. The molecule has 7 aromatic rings. The highest BCUT2D eigenvalue weighted by molar-refractivity contribution is 8.00. The molecule has 3 heterocycles. The van der Waals surface area contributed by atoms with Crippen molar-refractivity contribution in [2.45, 2.75) is 41.7 Å². The van der Waals surface area contributed by atoms with E-state index in [0.717, 1.165) is 70.1 Å². The SMILES string of the molecule is C1=CC2c3ccccc3SC2C(c2nc(-c3ccccc3)nc(-c3cccc4oc5ccc(-c6ccc7c8c6CC=C6CC=CC(=C68)CC7)cc5c34)n2)=C1. The fraction of sp³-hybridized carbons (Fsp3) is 0.122. The molecule has 0 saturated carbocycles. The molecule has 4 nitrogen and oxygen atoms in total. The average Bonchev–Trinajstić information content (AvgIpc) is 3.81. The van der Waals surface area contributed by atoms with Gasteiger partial charge in [-0.1, -0.05) is 115 Å². The summed E-state index contributed by atoms with van der Waals surface area (Å²) in [6, 6.07) is 36.7. The molecule has 1 aliphatic heterocycles. The maximum absolute atomic E-state index is 6.57. The zero-order chi connectivity index (χ0) is 35.3. The van der Waals surface area contributed by atoms with Crippen molar-refractivity contribution in [2.75, 3.05) is 0 Å². The second-order valence-corrected chi connectivity index (χ2v) is 16.0. The van der Waals surface area contributed by atoms with Crippen molar-refractivity contribution >= 4 is 44.8 Å². The van der Waals surface area contributed by atoms with E-state index in [-0.39, 0.29) is 11.2 Å². The summed E-state index contributed by atoms with van der Waals surface area (Å²) in [5, 5.41) is 2.29. The third-order valence-corrected chi connectivity index (χ3v) is 13.3. The predicted molar refractivity (Wildman–Crippen MR) is 220 cm³/mol. The molecule has 5 aromatic carbocycles. The third-order valence-electron chi connectivity index (χ3n) is 11.9. The quantitative estimate of drug-likeness (QED) is 0.182. The Morgan fingerprint density at radius 2 is 1.59 bits per heavy atom. The highest BCUT2D eigenvalue weighted by Crippen LogP contribution is 2.53. The topological polar surface area (TPSA) is 51.8 Å². The van der Waals surface area contributed by atoms with Gasteiger partial charge >= 0.3 is 0 Å². The molecular formula is C49H33N3OS. The van der Waals surface area contributed by atoms with Crippen LogP contribution in [0.4, 0.5) is 0 Å². The second-order valence-electron chi connectivity index (χ2n) is 14.8. The Kier molecular flexibility index (Phi) is 6.61. The average molecular weight is 712 g/mol. The molecule has 2 atom stereocenters. The van der Waals surface area contributed by atoms with E-state index < -0.39 is 0 Å². The molecule has 5 aliphatic rings. The smallest absolute Gasteiger partial charge is 0.164 e. The third kappa shape index (κ3) is 4.55. The van der Waals surface area contributed by atoms with Gasteiger partial charge in [0.2, 0.25) is 0 Å². The van der Waals surface area contributed by atoms with Gasteiger partial charge in [-0.3, -0.25) is 0 Å². The van der Waals surface area contributed by atoms with Gasteiger partial charge < -0.3 is 4.42 Å². The summed E-state index contributed by atoms with van der Waals surface area (Å²) in [4.78, 5) is 17.0. The zero-order valence-corrected chi connectivity index (χ0v) is 30.2. The first-order valence-electron chi connectivity index (χ1n) is 18.9. The van der Waals surface area contributed by atoms with Crippen molar-refractivity contribution in [3.8, 4) is 33.9 Å². The van der Waals surface area contributed by atoms with E-state index in [1.807, 2.05) is 30.0 Å². The predicted octanol–water partition coefficient (Wildman–Crippen LogP) is 12.1. The first-order chi connectivity index (χ1) is 26.7. The van der Waals surface area contributed by atoms with Crippen LogP contribution in [0.2, 0.25) is 0 Å². The van der Waals surface area contributed by atoms with E-state index in [9.17, 15) is 0 Å². The first-order valence-corrected chi connectivity index (χ1v) is 19.8.